The molecule has 10 aromatic rings. The van der Waals surface area contributed by atoms with Crippen molar-refractivity contribution in [2.45, 2.75) is 0 Å². The Morgan fingerprint density at radius 2 is 0.938 bits per heavy atom. The van der Waals surface area contributed by atoms with E-state index in [0.717, 1.165) is 22.5 Å². The van der Waals surface area contributed by atoms with Gasteiger partial charge >= 0.3 is 0 Å². The van der Waals surface area contributed by atoms with E-state index in [2.05, 4.69) is 173 Å². The molecule has 3 aromatic heterocycles. The number of aromatic nitrogens is 3. The lowest BCUT2D eigenvalue weighted by Crippen LogP contribution is -1.98. The molecule has 0 saturated heterocycles. The van der Waals surface area contributed by atoms with E-state index in [1.54, 1.807) is 0 Å². The second-order valence-corrected chi connectivity index (χ2v) is 12.8. The molecule has 0 radical (unpaired) electrons. The van der Waals surface area contributed by atoms with Gasteiger partial charge in [-0.05, 0) is 82.2 Å². The molecule has 1 aliphatic carbocycles. The molecule has 0 atom stereocenters. The van der Waals surface area contributed by atoms with Crippen LogP contribution in [0.25, 0.3) is 99.4 Å². The quantitative estimate of drug-likeness (QED) is 0.195. The molecule has 0 bridgehead atoms. The smallest absolute Gasteiger partial charge is 0.138 e. The Balaban J connectivity index is 1.12. The molecule has 222 valence electrons. The number of fused-ring (bicyclic) bond motifs is 9. The number of hydrogen-bond acceptors (Lipinski definition) is 1. The van der Waals surface area contributed by atoms with Crippen LogP contribution in [-0.2, 0) is 0 Å². The maximum atomic E-state index is 5.39. The molecule has 0 aliphatic heterocycles. The van der Waals surface area contributed by atoms with Crippen LogP contribution in [0.4, 0.5) is 0 Å². The van der Waals surface area contributed by atoms with Crippen LogP contribution in [0, 0.1) is 0 Å². The number of pyridine rings is 1. The molecule has 7 aromatic carbocycles. The number of para-hydroxylation sites is 3. The standard InChI is InChI=1S/C45H27N3/c1-2-12-31(13-3-1)47-39-19-8-6-15-33(39)37-25-28(21-23-41(37)47)29-22-24-42-38(26-29)34-16-7-9-20-40(34)48(42)43-27-30-11-10-18-35-32-14-4-5-17-36(32)45(46-43)44(30)35/h1-27H. The largest absolute Gasteiger partial charge is 0.309 e. The SMILES string of the molecule is c1ccc(-n2c3ccccc3c3cc(-c4ccc5c(c4)c4ccccc4n5-c4cc5cccc6c5c(n4)-c4ccccc4-6)ccc32)cc1. The summed E-state index contributed by atoms with van der Waals surface area (Å²) in [5.41, 5.74) is 13.1. The number of hydrogen-bond donors (Lipinski definition) is 0. The number of benzene rings is 7. The highest BCUT2D eigenvalue weighted by Gasteiger charge is 2.24. The summed E-state index contributed by atoms with van der Waals surface area (Å²) in [4.78, 5) is 5.39. The predicted molar refractivity (Wildman–Crippen MR) is 200 cm³/mol. The lowest BCUT2D eigenvalue weighted by atomic mass is 10.0. The summed E-state index contributed by atoms with van der Waals surface area (Å²) in [7, 11) is 0. The minimum Gasteiger partial charge on any atom is -0.309 e. The average Bonchev–Trinajstić information content (AvgIpc) is 3.78. The first-order valence-electron chi connectivity index (χ1n) is 16.5. The summed E-state index contributed by atoms with van der Waals surface area (Å²) in [5, 5.41) is 7.43. The normalized spacial score (nSPS) is 12.2. The van der Waals surface area contributed by atoms with Gasteiger partial charge in [0.15, 0.2) is 0 Å². The average molecular weight is 610 g/mol. The van der Waals surface area contributed by atoms with E-state index in [0.29, 0.717) is 0 Å². The third kappa shape index (κ3) is 3.45. The molecular weight excluding hydrogens is 583 g/mol. The van der Waals surface area contributed by atoms with Gasteiger partial charge in [0, 0.05) is 38.2 Å². The van der Waals surface area contributed by atoms with E-state index < -0.39 is 0 Å². The molecule has 0 unspecified atom stereocenters. The summed E-state index contributed by atoms with van der Waals surface area (Å²) < 4.78 is 4.71. The van der Waals surface area contributed by atoms with E-state index >= 15 is 0 Å². The van der Waals surface area contributed by atoms with E-state index in [1.807, 2.05) is 0 Å². The topological polar surface area (TPSA) is 22.8 Å². The van der Waals surface area contributed by atoms with Crippen LogP contribution in [0.2, 0.25) is 0 Å². The summed E-state index contributed by atoms with van der Waals surface area (Å²) in [5.74, 6) is 0.945. The summed E-state index contributed by atoms with van der Waals surface area (Å²) in [6.07, 6.45) is 0. The van der Waals surface area contributed by atoms with E-state index in [9.17, 15) is 0 Å². The summed E-state index contributed by atoms with van der Waals surface area (Å²) in [6.45, 7) is 0. The molecule has 0 N–H and O–H groups in total. The molecule has 0 spiro atoms. The highest BCUT2D eigenvalue weighted by molar-refractivity contribution is 6.16. The van der Waals surface area contributed by atoms with Crippen molar-refractivity contribution >= 4 is 54.4 Å². The Morgan fingerprint density at radius 1 is 0.375 bits per heavy atom. The molecule has 11 rings (SSSR count). The lowest BCUT2D eigenvalue weighted by Gasteiger charge is -2.11. The van der Waals surface area contributed by atoms with E-state index in [-0.39, 0.29) is 0 Å². The van der Waals surface area contributed by atoms with Gasteiger partial charge in [-0.15, -0.1) is 0 Å². The van der Waals surface area contributed by atoms with Crippen molar-refractivity contribution in [3.05, 3.63) is 164 Å². The molecule has 1 aliphatic rings. The zero-order chi connectivity index (χ0) is 31.3. The van der Waals surface area contributed by atoms with Gasteiger partial charge in [0.05, 0.1) is 27.8 Å². The van der Waals surface area contributed by atoms with E-state index in [1.165, 1.54) is 76.9 Å². The predicted octanol–water partition coefficient (Wildman–Crippen LogP) is 11.7. The van der Waals surface area contributed by atoms with Gasteiger partial charge in [0.1, 0.15) is 5.82 Å². The maximum Gasteiger partial charge on any atom is 0.138 e. The van der Waals surface area contributed by atoms with Gasteiger partial charge in [-0.1, -0.05) is 109 Å². The van der Waals surface area contributed by atoms with Gasteiger partial charge in [0.2, 0.25) is 0 Å². The van der Waals surface area contributed by atoms with Crippen molar-refractivity contribution in [3.8, 4) is 45.0 Å². The Kier molecular flexibility index (Phi) is 5.11. The summed E-state index contributed by atoms with van der Waals surface area (Å²) in [6, 6.07) is 59.4. The maximum absolute atomic E-state index is 5.39. The first-order chi connectivity index (χ1) is 23.8. The van der Waals surface area contributed by atoms with Crippen LogP contribution >= 0.6 is 0 Å². The van der Waals surface area contributed by atoms with Crippen molar-refractivity contribution in [1.29, 1.82) is 0 Å². The summed E-state index contributed by atoms with van der Waals surface area (Å²) >= 11 is 0. The Bertz CT molecular complexity index is 2940. The van der Waals surface area contributed by atoms with Gasteiger partial charge in [-0.3, -0.25) is 4.57 Å². The van der Waals surface area contributed by atoms with Gasteiger partial charge in [-0.25, -0.2) is 4.98 Å². The van der Waals surface area contributed by atoms with Crippen LogP contribution in [-0.4, -0.2) is 14.1 Å². The Hall–Kier alpha value is -6.45. The van der Waals surface area contributed by atoms with Crippen molar-refractivity contribution in [2.24, 2.45) is 0 Å². The first kappa shape index (κ1) is 25.7. The van der Waals surface area contributed by atoms with Crippen LogP contribution in [0.15, 0.2) is 164 Å². The van der Waals surface area contributed by atoms with Crippen LogP contribution in [0.5, 0.6) is 0 Å². The van der Waals surface area contributed by atoms with Crippen LogP contribution in [0.1, 0.15) is 0 Å². The third-order valence-corrected chi connectivity index (χ3v) is 10.2. The molecule has 0 amide bonds. The fraction of sp³-hybridized carbons (Fsp3) is 0. The molecule has 0 fully saturated rings. The zero-order valence-corrected chi connectivity index (χ0v) is 25.9. The second-order valence-electron chi connectivity index (χ2n) is 12.8. The Labute approximate surface area is 276 Å². The fourth-order valence-electron chi connectivity index (χ4n) is 8.16. The minimum absolute atomic E-state index is 0.945. The number of nitrogens with zero attached hydrogens (tertiary/aromatic N) is 3. The highest BCUT2D eigenvalue weighted by atomic mass is 15.1. The molecular formula is C45H27N3. The minimum atomic E-state index is 0.945. The second kappa shape index (κ2) is 9.54. The van der Waals surface area contributed by atoms with Crippen molar-refractivity contribution in [3.63, 3.8) is 0 Å². The molecule has 3 nitrogen and oxygen atoms in total. The van der Waals surface area contributed by atoms with Crippen molar-refractivity contribution in [1.82, 2.24) is 14.1 Å². The first-order valence-corrected chi connectivity index (χ1v) is 16.5. The van der Waals surface area contributed by atoms with Crippen LogP contribution < -0.4 is 0 Å². The lowest BCUT2D eigenvalue weighted by molar-refractivity contribution is 1.09. The van der Waals surface area contributed by atoms with Gasteiger partial charge in [0.25, 0.3) is 0 Å². The van der Waals surface area contributed by atoms with Gasteiger partial charge in [-0.2, -0.15) is 0 Å². The molecule has 48 heavy (non-hydrogen) atoms. The Morgan fingerprint density at radius 3 is 1.67 bits per heavy atom. The van der Waals surface area contributed by atoms with Crippen molar-refractivity contribution < 1.29 is 0 Å². The zero-order valence-electron chi connectivity index (χ0n) is 25.9. The molecule has 0 saturated carbocycles. The van der Waals surface area contributed by atoms with Crippen molar-refractivity contribution in [2.75, 3.05) is 0 Å². The number of rotatable bonds is 3. The monoisotopic (exact) mass is 609 g/mol. The van der Waals surface area contributed by atoms with Crippen LogP contribution in [0.3, 0.4) is 0 Å². The highest BCUT2D eigenvalue weighted by Crippen LogP contribution is 2.47. The molecule has 3 heterocycles. The third-order valence-electron chi connectivity index (χ3n) is 10.2. The molecule has 3 heteroatoms. The van der Waals surface area contributed by atoms with Gasteiger partial charge < -0.3 is 4.57 Å². The fourth-order valence-corrected chi connectivity index (χ4v) is 8.16. The van der Waals surface area contributed by atoms with E-state index in [4.69, 9.17) is 4.98 Å².